The molecule has 0 spiro atoms. The largest absolute Gasteiger partial charge is 0.492 e. The number of nitrogens with one attached hydrogen (secondary N) is 1. The maximum Gasteiger partial charge on any atom is 0.142 e. The van der Waals surface area contributed by atoms with Gasteiger partial charge in [0.25, 0.3) is 0 Å². The van der Waals surface area contributed by atoms with Crippen molar-refractivity contribution in [3.63, 3.8) is 0 Å². The zero-order valence-electron chi connectivity index (χ0n) is 10.4. The van der Waals surface area contributed by atoms with Gasteiger partial charge in [0.2, 0.25) is 0 Å². The summed E-state index contributed by atoms with van der Waals surface area (Å²) in [6.07, 6.45) is 0. The quantitative estimate of drug-likeness (QED) is 0.777. The van der Waals surface area contributed by atoms with Crippen LogP contribution in [0.2, 0.25) is 0 Å². The molecule has 0 saturated carbocycles. The molecule has 0 unspecified atom stereocenters. The fraction of sp³-hybridized carbons (Fsp3) is 0.538. The van der Waals surface area contributed by atoms with Gasteiger partial charge in [-0.15, -0.1) is 0 Å². The van der Waals surface area contributed by atoms with Gasteiger partial charge < -0.3 is 15.8 Å². The molecule has 0 heterocycles. The summed E-state index contributed by atoms with van der Waals surface area (Å²) in [5.41, 5.74) is 6.83. The first-order chi connectivity index (χ1) is 7.59. The third kappa shape index (κ3) is 3.74. The molecule has 1 aromatic rings. The molecule has 0 fully saturated rings. The van der Waals surface area contributed by atoms with Gasteiger partial charge >= 0.3 is 0 Å². The molecule has 0 aliphatic heterocycles. The molecular weight excluding hydrogens is 200 g/mol. The van der Waals surface area contributed by atoms with Crippen molar-refractivity contribution in [2.45, 2.75) is 20.8 Å². The number of benzene rings is 1. The first kappa shape index (κ1) is 12.8. The Labute approximate surface area is 98.0 Å². The number of hydrogen-bond donors (Lipinski definition) is 2. The van der Waals surface area contributed by atoms with Crippen LogP contribution in [0.15, 0.2) is 24.3 Å². The van der Waals surface area contributed by atoms with Gasteiger partial charge in [0, 0.05) is 6.54 Å². The van der Waals surface area contributed by atoms with Crippen molar-refractivity contribution < 1.29 is 4.74 Å². The lowest BCUT2D eigenvalue weighted by molar-refractivity contribution is 0.340. The van der Waals surface area contributed by atoms with E-state index in [1.165, 1.54) is 0 Å². The number of anilines is 1. The molecule has 0 atom stereocenters. The number of ether oxygens (including phenoxy) is 1. The average Bonchev–Trinajstić information content (AvgIpc) is 2.28. The smallest absolute Gasteiger partial charge is 0.142 e. The molecule has 0 aliphatic carbocycles. The third-order valence-electron chi connectivity index (χ3n) is 2.50. The van der Waals surface area contributed by atoms with E-state index < -0.39 is 0 Å². The molecule has 3 heteroatoms. The standard InChI is InChI=1S/C13H22N2O/c1-4-16-12-8-6-5-7-11(12)15-10-13(2,3)9-14/h5-8,15H,4,9-10,14H2,1-3H3. The number of hydrogen-bond acceptors (Lipinski definition) is 3. The van der Waals surface area contributed by atoms with Crippen LogP contribution < -0.4 is 15.8 Å². The predicted octanol–water partition coefficient (Wildman–Crippen LogP) is 2.48. The van der Waals surface area contributed by atoms with Crippen molar-refractivity contribution in [3.8, 4) is 5.75 Å². The molecule has 16 heavy (non-hydrogen) atoms. The Kier molecular flexibility index (Phi) is 4.62. The summed E-state index contributed by atoms with van der Waals surface area (Å²) >= 11 is 0. The Morgan fingerprint density at radius 2 is 2.00 bits per heavy atom. The molecule has 1 aromatic carbocycles. The van der Waals surface area contributed by atoms with Gasteiger partial charge in [0.1, 0.15) is 5.75 Å². The monoisotopic (exact) mass is 222 g/mol. The Morgan fingerprint density at radius 3 is 2.62 bits per heavy atom. The fourth-order valence-electron chi connectivity index (χ4n) is 1.30. The van der Waals surface area contributed by atoms with Crippen LogP contribution in [0.4, 0.5) is 5.69 Å². The van der Waals surface area contributed by atoms with Gasteiger partial charge in [-0.25, -0.2) is 0 Å². The molecule has 0 aromatic heterocycles. The second-order valence-electron chi connectivity index (χ2n) is 4.65. The SMILES string of the molecule is CCOc1ccccc1NCC(C)(C)CN. The summed E-state index contributed by atoms with van der Waals surface area (Å²) in [7, 11) is 0. The highest BCUT2D eigenvalue weighted by molar-refractivity contribution is 5.56. The van der Waals surface area contributed by atoms with Gasteiger partial charge in [-0.2, -0.15) is 0 Å². The Bertz CT molecular complexity index is 323. The Balaban J connectivity index is 2.66. The number of para-hydroxylation sites is 2. The van der Waals surface area contributed by atoms with Crippen molar-refractivity contribution in [1.82, 2.24) is 0 Å². The average molecular weight is 222 g/mol. The third-order valence-corrected chi connectivity index (χ3v) is 2.50. The highest BCUT2D eigenvalue weighted by Crippen LogP contribution is 2.25. The molecule has 3 nitrogen and oxygen atoms in total. The van der Waals surface area contributed by atoms with E-state index in [1.54, 1.807) is 0 Å². The second kappa shape index (κ2) is 5.75. The summed E-state index contributed by atoms with van der Waals surface area (Å²) in [4.78, 5) is 0. The van der Waals surface area contributed by atoms with E-state index in [1.807, 2.05) is 31.2 Å². The predicted molar refractivity (Wildman–Crippen MR) is 68.9 cm³/mol. The van der Waals surface area contributed by atoms with Crippen LogP contribution in [0.1, 0.15) is 20.8 Å². The van der Waals surface area contributed by atoms with Crippen LogP contribution in [0.3, 0.4) is 0 Å². The summed E-state index contributed by atoms with van der Waals surface area (Å²) < 4.78 is 5.54. The van der Waals surface area contributed by atoms with E-state index in [2.05, 4.69) is 19.2 Å². The summed E-state index contributed by atoms with van der Waals surface area (Å²) in [5.74, 6) is 0.901. The van der Waals surface area contributed by atoms with Crippen LogP contribution in [0, 0.1) is 5.41 Å². The van der Waals surface area contributed by atoms with E-state index in [4.69, 9.17) is 10.5 Å². The number of nitrogens with two attached hydrogens (primary N) is 1. The lowest BCUT2D eigenvalue weighted by Gasteiger charge is -2.24. The first-order valence-corrected chi connectivity index (χ1v) is 5.75. The van der Waals surface area contributed by atoms with Crippen LogP contribution in [0.5, 0.6) is 5.75 Å². The lowest BCUT2D eigenvalue weighted by Crippen LogP contribution is -2.31. The highest BCUT2D eigenvalue weighted by atomic mass is 16.5. The van der Waals surface area contributed by atoms with Crippen LogP contribution in [-0.2, 0) is 0 Å². The van der Waals surface area contributed by atoms with Gasteiger partial charge in [-0.1, -0.05) is 26.0 Å². The molecule has 0 bridgehead atoms. The van der Waals surface area contributed by atoms with Gasteiger partial charge in [0.15, 0.2) is 0 Å². The molecule has 3 N–H and O–H groups in total. The van der Waals surface area contributed by atoms with E-state index in [-0.39, 0.29) is 5.41 Å². The highest BCUT2D eigenvalue weighted by Gasteiger charge is 2.15. The minimum atomic E-state index is 0.0966. The summed E-state index contributed by atoms with van der Waals surface area (Å²) in [6, 6.07) is 7.98. The van der Waals surface area contributed by atoms with E-state index >= 15 is 0 Å². The maximum atomic E-state index is 5.70. The number of rotatable bonds is 6. The van der Waals surface area contributed by atoms with E-state index in [0.29, 0.717) is 13.2 Å². The zero-order valence-corrected chi connectivity index (χ0v) is 10.4. The minimum absolute atomic E-state index is 0.0966. The van der Waals surface area contributed by atoms with Crippen molar-refractivity contribution in [1.29, 1.82) is 0 Å². The van der Waals surface area contributed by atoms with Crippen molar-refractivity contribution >= 4 is 5.69 Å². The van der Waals surface area contributed by atoms with Crippen LogP contribution in [0.25, 0.3) is 0 Å². The van der Waals surface area contributed by atoms with E-state index in [9.17, 15) is 0 Å². The first-order valence-electron chi connectivity index (χ1n) is 5.75. The molecule has 1 rings (SSSR count). The molecule has 0 amide bonds. The van der Waals surface area contributed by atoms with E-state index in [0.717, 1.165) is 18.0 Å². The second-order valence-corrected chi connectivity index (χ2v) is 4.65. The van der Waals surface area contributed by atoms with Crippen LogP contribution >= 0.6 is 0 Å². The van der Waals surface area contributed by atoms with Crippen molar-refractivity contribution in [2.24, 2.45) is 11.1 Å². The zero-order chi connectivity index (χ0) is 12.0. The maximum absolute atomic E-state index is 5.70. The van der Waals surface area contributed by atoms with Gasteiger partial charge in [-0.05, 0) is 31.0 Å². The van der Waals surface area contributed by atoms with Crippen molar-refractivity contribution in [2.75, 3.05) is 25.0 Å². The molecule has 0 aliphatic rings. The van der Waals surface area contributed by atoms with Gasteiger partial charge in [0.05, 0.1) is 12.3 Å². The lowest BCUT2D eigenvalue weighted by atomic mass is 9.94. The summed E-state index contributed by atoms with van der Waals surface area (Å²) in [6.45, 7) is 8.45. The molecule has 90 valence electrons. The molecular formula is C13H22N2O. The fourth-order valence-corrected chi connectivity index (χ4v) is 1.30. The normalized spacial score (nSPS) is 11.2. The minimum Gasteiger partial charge on any atom is -0.492 e. The van der Waals surface area contributed by atoms with Gasteiger partial charge in [-0.3, -0.25) is 0 Å². The van der Waals surface area contributed by atoms with Crippen molar-refractivity contribution in [3.05, 3.63) is 24.3 Å². The Morgan fingerprint density at radius 1 is 1.31 bits per heavy atom. The Hall–Kier alpha value is -1.22. The van der Waals surface area contributed by atoms with Crippen LogP contribution in [-0.4, -0.2) is 19.7 Å². The summed E-state index contributed by atoms with van der Waals surface area (Å²) in [5, 5.41) is 3.38. The topological polar surface area (TPSA) is 47.3 Å². The molecule has 0 radical (unpaired) electrons. The molecule has 0 saturated heterocycles.